The molecule has 0 radical (unpaired) electrons. The van der Waals surface area contributed by atoms with Crippen LogP contribution in [0.4, 0.5) is 51.2 Å². The maximum absolute atomic E-state index is 2.48. The molecule has 0 unspecified atom stereocenters. The van der Waals surface area contributed by atoms with Crippen LogP contribution in [0.25, 0.3) is 162 Å². The number of hydrogen-bond acceptors (Lipinski definition) is 3. The van der Waals surface area contributed by atoms with Crippen molar-refractivity contribution in [2.45, 2.75) is 0 Å². The summed E-state index contributed by atoms with van der Waals surface area (Å²) in [5.74, 6) is 0. The van der Waals surface area contributed by atoms with Gasteiger partial charge in [-0.3, -0.25) is 0 Å². The van der Waals surface area contributed by atoms with E-state index >= 15 is 0 Å². The van der Waals surface area contributed by atoms with E-state index in [4.69, 9.17) is 0 Å². The molecule has 0 aliphatic rings. The summed E-state index contributed by atoms with van der Waals surface area (Å²) in [6.07, 6.45) is 0. The van der Waals surface area contributed by atoms with Gasteiger partial charge in [0.1, 0.15) is 0 Å². The lowest BCUT2D eigenvalue weighted by Crippen LogP contribution is -2.11. The zero-order chi connectivity index (χ0) is 77.3. The summed E-state index contributed by atoms with van der Waals surface area (Å²) in [6.45, 7) is 0. The van der Waals surface area contributed by atoms with Crippen LogP contribution in [-0.4, -0.2) is 0 Å². The Balaban J connectivity index is 0.000000107. The van der Waals surface area contributed by atoms with Gasteiger partial charge in [0.25, 0.3) is 0 Å². The van der Waals surface area contributed by atoms with Crippen molar-refractivity contribution in [2.24, 2.45) is 0 Å². The van der Waals surface area contributed by atoms with Crippen molar-refractivity contribution in [2.75, 3.05) is 14.7 Å². The molecule has 0 atom stereocenters. The van der Waals surface area contributed by atoms with E-state index in [-0.39, 0.29) is 0 Å². The van der Waals surface area contributed by atoms with E-state index in [1.165, 1.54) is 179 Å². The Morgan fingerprint density at radius 1 is 0.103 bits per heavy atom. The molecular formula is C114H75N3. The molecule has 0 heterocycles. The summed E-state index contributed by atoms with van der Waals surface area (Å²) in [5.41, 5.74) is 10.4. The summed E-state index contributed by atoms with van der Waals surface area (Å²) in [6, 6.07) is 165. The van der Waals surface area contributed by atoms with Gasteiger partial charge in [-0.2, -0.15) is 0 Å². The number of para-hydroxylation sites is 3. The monoisotopic (exact) mass is 1490 g/mol. The first-order chi connectivity index (χ1) is 58.0. The van der Waals surface area contributed by atoms with Gasteiger partial charge in [0.05, 0.1) is 17.1 Å². The van der Waals surface area contributed by atoms with E-state index in [1.54, 1.807) is 0 Å². The number of anilines is 9. The second-order valence-corrected chi connectivity index (χ2v) is 30.6. The number of nitrogens with zero attached hydrogens (tertiary/aromatic N) is 3. The standard InChI is InChI=1S/C42H27N.C38H25N.C34H23N/c1-2-14-32-26-34(24-22-28(32)10-1)43(39-19-9-15-29-11-3-6-16-35(29)39)40-27-33-21-20-30-12-4-7-17-36(30)41(33)38-25-23-31-13-5-8-18-37(31)42(38)40;1-2-14-31(15-3-1)39(32-22-20-26-10-4-5-13-29(26)24-32)36-25-30-19-18-27-11-6-8-16-33(27)37(30)35-23-21-28-12-7-9-17-34(28)38(35)36;1-3-10-27(11-4-1)35(28-12-5-2-6-13-28)29-19-22-30-26(23-29)18-21-33-32(30)20-17-25-16-15-24-9-7-8-14-31(24)34(25)33/h1-27H;1-25H;1-23H. The van der Waals surface area contributed by atoms with Gasteiger partial charge in [-0.25, -0.2) is 0 Å². The summed E-state index contributed by atoms with van der Waals surface area (Å²) < 4.78 is 0. The second-order valence-electron chi connectivity index (χ2n) is 30.6. The first kappa shape index (κ1) is 68.4. The van der Waals surface area contributed by atoms with Gasteiger partial charge in [0.15, 0.2) is 0 Å². The highest BCUT2D eigenvalue weighted by Crippen LogP contribution is 2.51. The second kappa shape index (κ2) is 29.0. The lowest BCUT2D eigenvalue weighted by atomic mass is 9.91. The third kappa shape index (κ3) is 12.1. The molecule has 3 nitrogen and oxygen atoms in total. The van der Waals surface area contributed by atoms with Crippen molar-refractivity contribution in [3.63, 3.8) is 0 Å². The summed E-state index contributed by atoms with van der Waals surface area (Å²) in [5, 5.41) is 38.0. The SMILES string of the molecule is c1ccc(N(c2ccc3ccccc3c2)c2cc3ccc4ccccc4c3c3ccc4ccccc4c23)cc1.c1ccc(N(c2ccccc2)c2ccc3c(ccc4c3ccc3ccc5ccccc5c34)c2)cc1.c1ccc2cc(N(c3cccc4ccccc34)c3cc4ccc5ccccc5c4c4ccc5ccccc5c34)ccc2c1. The molecule has 0 bridgehead atoms. The van der Waals surface area contributed by atoms with Crippen molar-refractivity contribution in [3.05, 3.63) is 455 Å². The van der Waals surface area contributed by atoms with Gasteiger partial charge in [-0.15, -0.1) is 0 Å². The van der Waals surface area contributed by atoms with Crippen molar-refractivity contribution < 1.29 is 0 Å². The molecule has 0 saturated carbocycles. The third-order valence-corrected chi connectivity index (χ3v) is 23.9. The topological polar surface area (TPSA) is 9.72 Å². The predicted octanol–water partition coefficient (Wildman–Crippen LogP) is 32.8. The fraction of sp³-hybridized carbons (Fsp3) is 0. The number of rotatable bonds is 9. The van der Waals surface area contributed by atoms with Gasteiger partial charge in [0.2, 0.25) is 0 Å². The van der Waals surface area contributed by atoms with Crippen LogP contribution >= 0.6 is 0 Å². The van der Waals surface area contributed by atoms with Gasteiger partial charge >= 0.3 is 0 Å². The Labute approximate surface area is 677 Å². The Kier molecular flexibility index (Phi) is 16.9. The first-order valence-electron chi connectivity index (χ1n) is 40.4. The van der Waals surface area contributed by atoms with Gasteiger partial charge in [0, 0.05) is 50.3 Å². The molecule has 24 rings (SSSR count). The van der Waals surface area contributed by atoms with Crippen LogP contribution in [-0.2, 0) is 0 Å². The van der Waals surface area contributed by atoms with E-state index in [0.717, 1.165) is 34.1 Å². The Morgan fingerprint density at radius 3 is 0.872 bits per heavy atom. The Morgan fingerprint density at radius 2 is 0.385 bits per heavy atom. The fourth-order valence-electron chi connectivity index (χ4n) is 18.5. The molecule has 0 aliphatic carbocycles. The van der Waals surface area contributed by atoms with Crippen molar-refractivity contribution in [1.82, 2.24) is 0 Å². The average molecular weight is 1490 g/mol. The minimum Gasteiger partial charge on any atom is -0.310 e. The number of fused-ring (bicyclic) bond motifs is 24. The maximum Gasteiger partial charge on any atom is 0.0552 e. The van der Waals surface area contributed by atoms with Crippen molar-refractivity contribution >= 4 is 213 Å². The van der Waals surface area contributed by atoms with Crippen molar-refractivity contribution in [3.8, 4) is 0 Å². The molecule has 24 aromatic carbocycles. The van der Waals surface area contributed by atoms with Gasteiger partial charge < -0.3 is 14.7 Å². The third-order valence-electron chi connectivity index (χ3n) is 23.9. The molecule has 3 heteroatoms. The molecule has 546 valence electrons. The highest BCUT2D eigenvalue weighted by Gasteiger charge is 2.25. The van der Waals surface area contributed by atoms with Crippen LogP contribution in [0.2, 0.25) is 0 Å². The average Bonchev–Trinajstić information content (AvgIpc) is 0.727. The van der Waals surface area contributed by atoms with Crippen LogP contribution in [0.15, 0.2) is 455 Å². The molecule has 0 aliphatic heterocycles. The molecule has 0 saturated heterocycles. The first-order valence-corrected chi connectivity index (χ1v) is 40.4. The van der Waals surface area contributed by atoms with E-state index in [9.17, 15) is 0 Å². The minimum absolute atomic E-state index is 1.14. The molecule has 0 N–H and O–H groups in total. The zero-order valence-electron chi connectivity index (χ0n) is 64.1. The molecule has 0 amide bonds. The summed E-state index contributed by atoms with van der Waals surface area (Å²) in [4.78, 5) is 7.23. The fourth-order valence-corrected chi connectivity index (χ4v) is 18.5. The molecule has 24 aromatic rings. The number of hydrogen-bond donors (Lipinski definition) is 0. The largest absolute Gasteiger partial charge is 0.310 e. The van der Waals surface area contributed by atoms with E-state index < -0.39 is 0 Å². The van der Waals surface area contributed by atoms with Crippen LogP contribution in [0.3, 0.4) is 0 Å². The normalized spacial score (nSPS) is 11.6. The lowest BCUT2D eigenvalue weighted by molar-refractivity contribution is 1.29. The molecule has 117 heavy (non-hydrogen) atoms. The van der Waals surface area contributed by atoms with Gasteiger partial charge in [-0.05, 0) is 236 Å². The maximum atomic E-state index is 2.48. The van der Waals surface area contributed by atoms with Crippen molar-refractivity contribution in [1.29, 1.82) is 0 Å². The van der Waals surface area contributed by atoms with E-state index in [1.807, 2.05) is 0 Å². The van der Waals surface area contributed by atoms with Crippen LogP contribution in [0.5, 0.6) is 0 Å². The molecule has 0 fully saturated rings. The summed E-state index contributed by atoms with van der Waals surface area (Å²) in [7, 11) is 0. The highest BCUT2D eigenvalue weighted by molar-refractivity contribution is 6.32. The zero-order valence-corrected chi connectivity index (χ0v) is 64.1. The summed E-state index contributed by atoms with van der Waals surface area (Å²) >= 11 is 0. The smallest absolute Gasteiger partial charge is 0.0552 e. The molecule has 0 spiro atoms. The van der Waals surface area contributed by atoms with Crippen LogP contribution in [0, 0.1) is 0 Å². The number of benzene rings is 24. The van der Waals surface area contributed by atoms with E-state index in [2.05, 4.69) is 470 Å². The van der Waals surface area contributed by atoms with Crippen LogP contribution < -0.4 is 14.7 Å². The molecule has 0 aromatic heterocycles. The highest BCUT2D eigenvalue weighted by atomic mass is 15.2. The predicted molar refractivity (Wildman–Crippen MR) is 506 cm³/mol. The Hall–Kier alpha value is -15.4. The quantitative estimate of drug-likeness (QED) is 0.133. The van der Waals surface area contributed by atoms with Gasteiger partial charge in [-0.1, -0.05) is 364 Å². The lowest BCUT2D eigenvalue weighted by Gasteiger charge is -2.29. The van der Waals surface area contributed by atoms with Crippen LogP contribution in [0.1, 0.15) is 0 Å². The molecular weight excluding hydrogens is 1410 g/mol. The van der Waals surface area contributed by atoms with E-state index in [0.29, 0.717) is 0 Å². The minimum atomic E-state index is 1.14. The Bertz CT molecular complexity index is 7990.